The summed E-state index contributed by atoms with van der Waals surface area (Å²) in [7, 11) is 0. The van der Waals surface area contributed by atoms with Crippen molar-refractivity contribution in [2.24, 2.45) is 0 Å². The second-order valence-electron chi connectivity index (χ2n) is 8.76. The van der Waals surface area contributed by atoms with Crippen LogP contribution >= 0.6 is 0 Å². The van der Waals surface area contributed by atoms with Crippen molar-refractivity contribution in [2.75, 3.05) is 0 Å². The Bertz CT molecular complexity index is 1160. The van der Waals surface area contributed by atoms with Gasteiger partial charge in [0.15, 0.2) is 0 Å². The molecule has 0 heterocycles. The van der Waals surface area contributed by atoms with E-state index in [0.717, 1.165) is 48.8 Å². The molecule has 1 aliphatic rings. The number of hydrogen-bond donors (Lipinski definition) is 2. The smallest absolute Gasteiger partial charge is 0.339 e. The number of allylic oxidation sites excluding steroid dienone is 6. The molecule has 0 spiro atoms. The third-order valence-electron chi connectivity index (χ3n) is 5.96. The topological polar surface area (TPSA) is 66.8 Å². The number of aromatic carboxylic acids is 1. The summed E-state index contributed by atoms with van der Waals surface area (Å²) in [5.41, 5.74) is 4.27. The third-order valence-corrected chi connectivity index (χ3v) is 5.96. The second kappa shape index (κ2) is 13.2. The van der Waals surface area contributed by atoms with Crippen LogP contribution in [0.2, 0.25) is 0 Å². The van der Waals surface area contributed by atoms with E-state index in [0.29, 0.717) is 5.75 Å². The van der Waals surface area contributed by atoms with Gasteiger partial charge in [-0.2, -0.15) is 0 Å². The van der Waals surface area contributed by atoms with Crippen LogP contribution in [0.25, 0.3) is 0 Å². The molecule has 1 aliphatic carbocycles. The summed E-state index contributed by atoms with van der Waals surface area (Å²) in [4.78, 5) is 11.2. The SMILES string of the molecule is CCCCC1=CC=C(C#Cc2ccc(C(CCCC)Oc3ccc(C(=O)O)c(O)c3)cc2)C=CC1. The molecule has 2 N–H and O–H groups in total. The molecule has 0 saturated carbocycles. The summed E-state index contributed by atoms with van der Waals surface area (Å²) in [5, 5.41) is 19.1. The molecule has 0 amide bonds. The number of carboxylic acid groups (broad SMARTS) is 1. The van der Waals surface area contributed by atoms with Gasteiger partial charge in [-0.15, -0.1) is 0 Å². The van der Waals surface area contributed by atoms with Crippen molar-refractivity contribution in [3.63, 3.8) is 0 Å². The van der Waals surface area contributed by atoms with E-state index in [1.807, 2.05) is 24.3 Å². The maximum atomic E-state index is 11.2. The fraction of sp³-hybridized carbons (Fsp3) is 0.323. The predicted molar refractivity (Wildman–Crippen MR) is 141 cm³/mol. The molecule has 0 fully saturated rings. The quantitative estimate of drug-likeness (QED) is 0.348. The molecule has 0 radical (unpaired) electrons. The number of phenols is 1. The lowest BCUT2D eigenvalue weighted by atomic mass is 10.0. The standard InChI is InChI=1S/C31H34O4/c1-3-5-8-23-9-7-10-24(13-12-23)14-15-25-16-18-26(19-17-25)30(11-6-4-2)35-27-20-21-28(31(33)34)29(32)22-27/h7,10,12-13,16-22,30,32H,3-6,8-9,11H2,1-2H3,(H,33,34). The van der Waals surface area contributed by atoms with Crippen molar-refractivity contribution >= 4 is 5.97 Å². The van der Waals surface area contributed by atoms with Gasteiger partial charge >= 0.3 is 5.97 Å². The van der Waals surface area contributed by atoms with Crippen LogP contribution in [0.1, 0.15) is 86.4 Å². The Balaban J connectivity index is 1.72. The minimum absolute atomic E-state index is 0.142. The third kappa shape index (κ3) is 7.93. The summed E-state index contributed by atoms with van der Waals surface area (Å²) < 4.78 is 6.15. The minimum Gasteiger partial charge on any atom is -0.507 e. The van der Waals surface area contributed by atoms with E-state index in [1.165, 1.54) is 30.5 Å². The van der Waals surface area contributed by atoms with E-state index in [1.54, 1.807) is 6.07 Å². The number of carboxylic acids is 1. The number of hydrogen-bond acceptors (Lipinski definition) is 3. The van der Waals surface area contributed by atoms with Gasteiger partial charge in [-0.25, -0.2) is 4.79 Å². The number of aromatic hydroxyl groups is 1. The molecule has 0 aliphatic heterocycles. The largest absolute Gasteiger partial charge is 0.507 e. The van der Waals surface area contributed by atoms with Gasteiger partial charge in [0.2, 0.25) is 0 Å². The van der Waals surface area contributed by atoms with Crippen LogP contribution in [0, 0.1) is 11.8 Å². The number of unbranched alkanes of at least 4 members (excludes halogenated alkanes) is 2. The molecule has 0 saturated heterocycles. The first-order valence-corrected chi connectivity index (χ1v) is 12.4. The lowest BCUT2D eigenvalue weighted by Gasteiger charge is -2.20. The van der Waals surface area contributed by atoms with Crippen LogP contribution in [0.5, 0.6) is 11.5 Å². The first kappa shape index (κ1) is 25.9. The molecule has 182 valence electrons. The summed E-state index contributed by atoms with van der Waals surface area (Å²) in [6.07, 6.45) is 15.8. The van der Waals surface area contributed by atoms with Crippen molar-refractivity contribution in [3.05, 3.63) is 94.6 Å². The Morgan fingerprint density at radius 1 is 1.03 bits per heavy atom. The van der Waals surface area contributed by atoms with E-state index in [2.05, 4.69) is 50.0 Å². The van der Waals surface area contributed by atoms with Crippen LogP contribution in [0.15, 0.2) is 77.9 Å². The van der Waals surface area contributed by atoms with Crippen molar-refractivity contribution in [2.45, 2.75) is 64.9 Å². The van der Waals surface area contributed by atoms with Crippen LogP contribution < -0.4 is 4.74 Å². The highest BCUT2D eigenvalue weighted by Crippen LogP contribution is 2.30. The molecule has 35 heavy (non-hydrogen) atoms. The predicted octanol–water partition coefficient (Wildman–Crippen LogP) is 7.76. The number of carbonyl (C=O) groups is 1. The molecule has 2 aromatic carbocycles. The van der Waals surface area contributed by atoms with Gasteiger partial charge in [0.05, 0.1) is 0 Å². The molecule has 4 heteroatoms. The average molecular weight is 471 g/mol. The Labute approximate surface area is 208 Å². The van der Waals surface area contributed by atoms with Crippen molar-refractivity contribution in [3.8, 4) is 23.3 Å². The Morgan fingerprint density at radius 3 is 2.49 bits per heavy atom. The molecule has 1 atom stereocenters. The molecule has 0 aromatic heterocycles. The van der Waals surface area contributed by atoms with E-state index in [9.17, 15) is 9.90 Å². The first-order chi connectivity index (χ1) is 17.0. The zero-order valence-electron chi connectivity index (χ0n) is 20.6. The van der Waals surface area contributed by atoms with Gasteiger partial charge in [-0.3, -0.25) is 0 Å². The van der Waals surface area contributed by atoms with E-state index in [4.69, 9.17) is 9.84 Å². The normalized spacial score (nSPS) is 13.7. The Hall–Kier alpha value is -3.71. The van der Waals surface area contributed by atoms with Gasteiger partial charge in [0, 0.05) is 17.2 Å². The Morgan fingerprint density at radius 2 is 1.80 bits per heavy atom. The van der Waals surface area contributed by atoms with Gasteiger partial charge in [-0.05, 0) is 68.0 Å². The zero-order chi connectivity index (χ0) is 25.0. The monoisotopic (exact) mass is 470 g/mol. The van der Waals surface area contributed by atoms with Crippen molar-refractivity contribution in [1.29, 1.82) is 0 Å². The van der Waals surface area contributed by atoms with Crippen molar-refractivity contribution < 1.29 is 19.7 Å². The van der Waals surface area contributed by atoms with Crippen LogP contribution in [-0.2, 0) is 0 Å². The van der Waals surface area contributed by atoms with Crippen LogP contribution in [0.4, 0.5) is 0 Å². The van der Waals surface area contributed by atoms with Gasteiger partial charge in [0.25, 0.3) is 0 Å². The van der Waals surface area contributed by atoms with Crippen molar-refractivity contribution in [1.82, 2.24) is 0 Å². The highest BCUT2D eigenvalue weighted by Gasteiger charge is 2.16. The van der Waals surface area contributed by atoms with Crippen LogP contribution in [-0.4, -0.2) is 16.2 Å². The molecular formula is C31H34O4. The molecular weight excluding hydrogens is 436 g/mol. The summed E-state index contributed by atoms with van der Waals surface area (Å²) >= 11 is 0. The number of ether oxygens (including phenoxy) is 1. The van der Waals surface area contributed by atoms with Gasteiger partial charge in [-0.1, -0.05) is 74.5 Å². The lowest BCUT2D eigenvalue weighted by Crippen LogP contribution is -2.08. The van der Waals surface area contributed by atoms with E-state index < -0.39 is 5.97 Å². The average Bonchev–Trinajstić information content (AvgIpc) is 3.09. The van der Waals surface area contributed by atoms with E-state index in [-0.39, 0.29) is 17.4 Å². The Kier molecular flexibility index (Phi) is 9.80. The number of benzene rings is 2. The lowest BCUT2D eigenvalue weighted by molar-refractivity contribution is 0.0693. The first-order valence-electron chi connectivity index (χ1n) is 12.4. The minimum atomic E-state index is -1.17. The maximum Gasteiger partial charge on any atom is 0.339 e. The molecule has 4 nitrogen and oxygen atoms in total. The fourth-order valence-electron chi connectivity index (χ4n) is 3.88. The fourth-order valence-corrected chi connectivity index (χ4v) is 3.88. The highest BCUT2D eigenvalue weighted by molar-refractivity contribution is 5.90. The highest BCUT2D eigenvalue weighted by atomic mass is 16.5. The zero-order valence-corrected chi connectivity index (χ0v) is 20.6. The molecule has 0 bridgehead atoms. The van der Waals surface area contributed by atoms with Crippen LogP contribution in [0.3, 0.4) is 0 Å². The van der Waals surface area contributed by atoms with Gasteiger partial charge < -0.3 is 14.9 Å². The van der Waals surface area contributed by atoms with Gasteiger partial charge in [0.1, 0.15) is 23.2 Å². The number of rotatable bonds is 10. The summed E-state index contributed by atoms with van der Waals surface area (Å²) in [5.74, 6) is 5.49. The summed E-state index contributed by atoms with van der Waals surface area (Å²) in [6.45, 7) is 4.34. The maximum absolute atomic E-state index is 11.2. The second-order valence-corrected chi connectivity index (χ2v) is 8.76. The van der Waals surface area contributed by atoms with E-state index >= 15 is 0 Å². The summed E-state index contributed by atoms with van der Waals surface area (Å²) in [6, 6.07) is 12.3. The molecule has 1 unspecified atom stereocenters. The molecule has 2 aromatic rings. The molecule has 3 rings (SSSR count).